The molecule has 146 valence electrons. The van der Waals surface area contributed by atoms with Gasteiger partial charge in [0.05, 0.1) is 23.0 Å². The van der Waals surface area contributed by atoms with Crippen LogP contribution in [0.4, 0.5) is 10.8 Å². The molecule has 1 aromatic heterocycles. The summed E-state index contributed by atoms with van der Waals surface area (Å²) in [6.07, 6.45) is 0.336. The van der Waals surface area contributed by atoms with Gasteiger partial charge in [0.15, 0.2) is 5.13 Å². The molecular weight excluding hydrogens is 411 g/mol. The Morgan fingerprint density at radius 1 is 1.33 bits per heavy atom. The van der Waals surface area contributed by atoms with E-state index in [0.29, 0.717) is 33.0 Å². The number of aromatic nitrogens is 1. The van der Waals surface area contributed by atoms with Crippen LogP contribution < -0.4 is 5.32 Å². The summed E-state index contributed by atoms with van der Waals surface area (Å²) in [6.45, 7) is 3.75. The first-order chi connectivity index (χ1) is 12.8. The molecule has 2 rings (SSSR count). The van der Waals surface area contributed by atoms with E-state index in [9.17, 15) is 9.59 Å². The highest BCUT2D eigenvalue weighted by Gasteiger charge is 2.42. The van der Waals surface area contributed by atoms with Crippen molar-refractivity contribution in [3.05, 3.63) is 39.3 Å². The molecule has 0 aliphatic carbocycles. The van der Waals surface area contributed by atoms with Crippen molar-refractivity contribution in [3.63, 3.8) is 0 Å². The normalized spacial score (nSPS) is 13.0. The van der Waals surface area contributed by atoms with Gasteiger partial charge >= 0.3 is 11.9 Å². The summed E-state index contributed by atoms with van der Waals surface area (Å²) in [5.74, 6) is -1.44. The Labute approximate surface area is 171 Å². The average Bonchev–Trinajstić information content (AvgIpc) is 3.07. The van der Waals surface area contributed by atoms with Gasteiger partial charge in [-0.05, 0) is 38.0 Å². The number of carboxylic acid groups (broad SMARTS) is 1. The van der Waals surface area contributed by atoms with Crippen LogP contribution in [0.2, 0.25) is 10.0 Å². The lowest BCUT2D eigenvalue weighted by molar-refractivity contribution is -0.151. The van der Waals surface area contributed by atoms with Crippen LogP contribution in [0.15, 0.2) is 23.6 Å². The third kappa shape index (κ3) is 5.12. The third-order valence-electron chi connectivity index (χ3n) is 4.20. The van der Waals surface area contributed by atoms with Gasteiger partial charge in [0.2, 0.25) is 0 Å². The maximum Gasteiger partial charge on any atom is 0.318 e. The second-order valence-corrected chi connectivity index (χ2v) is 7.54. The second kappa shape index (κ2) is 9.39. The molecule has 2 aromatic rings. The molecule has 0 spiro atoms. The van der Waals surface area contributed by atoms with E-state index in [1.54, 1.807) is 30.5 Å². The van der Waals surface area contributed by atoms with Crippen molar-refractivity contribution in [2.45, 2.75) is 38.5 Å². The minimum atomic E-state index is -1.10. The van der Waals surface area contributed by atoms with Gasteiger partial charge in [-0.2, -0.15) is 0 Å². The Kier molecular flexibility index (Phi) is 7.47. The van der Waals surface area contributed by atoms with Gasteiger partial charge in [-0.1, -0.05) is 30.1 Å². The van der Waals surface area contributed by atoms with Crippen LogP contribution in [0.5, 0.6) is 0 Å². The molecule has 0 aliphatic rings. The summed E-state index contributed by atoms with van der Waals surface area (Å²) in [4.78, 5) is 28.3. The molecule has 0 amide bonds. The minimum absolute atomic E-state index is 0.114. The predicted octanol–water partition coefficient (Wildman–Crippen LogP) is 5.27. The molecule has 1 aromatic carbocycles. The monoisotopic (exact) mass is 430 g/mol. The molecule has 2 N–H and O–H groups in total. The molecule has 27 heavy (non-hydrogen) atoms. The standard InChI is InChI=1S/C18H20Cl2N2O4S/c1-3-18(8-7-15(23)24,16(25)26-4-2)14-10-27-17(22-14)21-13-6-5-11(19)9-12(13)20/h5-6,9-10H,3-4,7-8H2,1-2H3,(H,21,22)(H,23,24). The van der Waals surface area contributed by atoms with Crippen LogP contribution in [0, 0.1) is 0 Å². The Morgan fingerprint density at radius 2 is 2.07 bits per heavy atom. The van der Waals surface area contributed by atoms with E-state index < -0.39 is 17.4 Å². The van der Waals surface area contributed by atoms with Crippen LogP contribution in [0.1, 0.15) is 38.8 Å². The third-order valence-corrected chi connectivity index (χ3v) is 5.51. The van der Waals surface area contributed by atoms with Gasteiger partial charge < -0.3 is 15.2 Å². The fourth-order valence-electron chi connectivity index (χ4n) is 2.68. The molecule has 1 heterocycles. The van der Waals surface area contributed by atoms with Crippen LogP contribution in [-0.2, 0) is 19.7 Å². The van der Waals surface area contributed by atoms with Crippen LogP contribution in [0.25, 0.3) is 0 Å². The van der Waals surface area contributed by atoms with E-state index in [2.05, 4.69) is 10.3 Å². The fraction of sp³-hybridized carbons (Fsp3) is 0.389. The highest BCUT2D eigenvalue weighted by Crippen LogP contribution is 2.37. The van der Waals surface area contributed by atoms with Gasteiger partial charge in [-0.3, -0.25) is 9.59 Å². The van der Waals surface area contributed by atoms with Crippen LogP contribution in [-0.4, -0.2) is 28.6 Å². The first-order valence-electron chi connectivity index (χ1n) is 8.39. The molecule has 1 unspecified atom stereocenters. The molecule has 9 heteroatoms. The van der Waals surface area contributed by atoms with Crippen molar-refractivity contribution in [1.29, 1.82) is 0 Å². The number of nitrogens with zero attached hydrogens (tertiary/aromatic N) is 1. The summed E-state index contributed by atoms with van der Waals surface area (Å²) >= 11 is 13.4. The number of carbonyl (C=O) groups excluding carboxylic acids is 1. The first-order valence-corrected chi connectivity index (χ1v) is 10.0. The summed E-state index contributed by atoms with van der Waals surface area (Å²) in [5, 5.41) is 15.4. The number of rotatable bonds is 9. The SMILES string of the molecule is CCOC(=O)C(CC)(CCC(=O)O)c1csc(Nc2ccc(Cl)cc2Cl)n1. The van der Waals surface area contributed by atoms with E-state index >= 15 is 0 Å². The van der Waals surface area contributed by atoms with E-state index in [4.69, 9.17) is 33.0 Å². The molecule has 0 bridgehead atoms. The first kappa shape index (κ1) is 21.5. The van der Waals surface area contributed by atoms with Gasteiger partial charge in [-0.15, -0.1) is 11.3 Å². The van der Waals surface area contributed by atoms with Crippen molar-refractivity contribution in [2.75, 3.05) is 11.9 Å². The second-order valence-electron chi connectivity index (χ2n) is 5.84. The smallest absolute Gasteiger partial charge is 0.318 e. The number of carboxylic acids is 1. The van der Waals surface area contributed by atoms with Crippen molar-refractivity contribution < 1.29 is 19.4 Å². The minimum Gasteiger partial charge on any atom is -0.481 e. The molecule has 6 nitrogen and oxygen atoms in total. The largest absolute Gasteiger partial charge is 0.481 e. The maximum atomic E-state index is 12.7. The number of halogens is 2. The van der Waals surface area contributed by atoms with Gasteiger partial charge in [-0.25, -0.2) is 4.98 Å². The predicted molar refractivity (Wildman–Crippen MR) is 107 cm³/mol. The number of nitrogens with one attached hydrogen (secondary N) is 1. The Hall–Kier alpha value is -1.83. The summed E-state index contributed by atoms with van der Waals surface area (Å²) in [6, 6.07) is 5.04. The van der Waals surface area contributed by atoms with Crippen molar-refractivity contribution >= 4 is 57.3 Å². The Balaban J connectivity index is 2.33. The molecule has 0 aliphatic heterocycles. The number of thiazole rings is 1. The van der Waals surface area contributed by atoms with Crippen molar-refractivity contribution in [3.8, 4) is 0 Å². The number of esters is 1. The number of carbonyl (C=O) groups is 2. The molecule has 0 fully saturated rings. The highest BCUT2D eigenvalue weighted by atomic mass is 35.5. The van der Waals surface area contributed by atoms with Gasteiger partial charge in [0.1, 0.15) is 5.41 Å². The summed E-state index contributed by atoms with van der Waals surface area (Å²) < 4.78 is 5.22. The number of aliphatic carboxylic acids is 1. The number of hydrogen-bond donors (Lipinski definition) is 2. The lowest BCUT2D eigenvalue weighted by Gasteiger charge is -2.28. The average molecular weight is 431 g/mol. The van der Waals surface area contributed by atoms with Crippen molar-refractivity contribution in [2.24, 2.45) is 0 Å². The van der Waals surface area contributed by atoms with E-state index in [0.717, 1.165) is 0 Å². The zero-order valence-electron chi connectivity index (χ0n) is 14.9. The highest BCUT2D eigenvalue weighted by molar-refractivity contribution is 7.13. The number of ether oxygens (including phenoxy) is 1. The van der Waals surface area contributed by atoms with E-state index in [1.165, 1.54) is 11.3 Å². The molecule has 0 saturated carbocycles. The lowest BCUT2D eigenvalue weighted by Crippen LogP contribution is -2.38. The molecule has 0 radical (unpaired) electrons. The Morgan fingerprint density at radius 3 is 2.67 bits per heavy atom. The topological polar surface area (TPSA) is 88.5 Å². The molecule has 0 saturated heterocycles. The van der Waals surface area contributed by atoms with E-state index in [1.807, 2.05) is 6.92 Å². The van der Waals surface area contributed by atoms with Crippen LogP contribution in [0.3, 0.4) is 0 Å². The van der Waals surface area contributed by atoms with Crippen molar-refractivity contribution in [1.82, 2.24) is 4.98 Å². The fourth-order valence-corrected chi connectivity index (χ4v) is 3.96. The number of hydrogen-bond acceptors (Lipinski definition) is 6. The zero-order valence-corrected chi connectivity index (χ0v) is 17.2. The molecule has 1 atom stereocenters. The van der Waals surface area contributed by atoms with Gasteiger partial charge in [0.25, 0.3) is 0 Å². The quantitative estimate of drug-likeness (QED) is 0.526. The zero-order chi connectivity index (χ0) is 20.0. The van der Waals surface area contributed by atoms with Crippen LogP contribution >= 0.6 is 34.5 Å². The summed E-state index contributed by atoms with van der Waals surface area (Å²) in [5.41, 5.74) is 0.0160. The Bertz CT molecular complexity index is 827. The number of anilines is 2. The lowest BCUT2D eigenvalue weighted by atomic mass is 9.78. The van der Waals surface area contributed by atoms with Gasteiger partial charge in [0, 0.05) is 16.8 Å². The maximum absolute atomic E-state index is 12.7. The van der Waals surface area contributed by atoms with E-state index in [-0.39, 0.29) is 19.4 Å². The molecular formula is C18H20Cl2N2O4S. The number of benzene rings is 1. The summed E-state index contributed by atoms with van der Waals surface area (Å²) in [7, 11) is 0.